The zero-order valence-corrected chi connectivity index (χ0v) is 13.4. The molecule has 2 rings (SSSR count). The molecule has 98 valence electrons. The summed E-state index contributed by atoms with van der Waals surface area (Å²) in [6.45, 7) is 3.90. The molecular formula is C17H20OSi. The molecule has 0 aliphatic carbocycles. The van der Waals surface area contributed by atoms with E-state index in [1.807, 2.05) is 18.2 Å². The number of rotatable bonds is 6. The van der Waals surface area contributed by atoms with Crippen LogP contribution in [-0.4, -0.2) is 10.5 Å². The summed E-state index contributed by atoms with van der Waals surface area (Å²) in [5.41, 5.74) is 2.26. The summed E-state index contributed by atoms with van der Waals surface area (Å²) in [5.74, 6) is 0. The van der Waals surface area contributed by atoms with E-state index in [2.05, 4.69) is 55.1 Å². The van der Waals surface area contributed by atoms with Crippen molar-refractivity contribution in [3.05, 3.63) is 84.4 Å². The van der Waals surface area contributed by atoms with Gasteiger partial charge in [-0.05, 0) is 17.5 Å². The molecular weight excluding hydrogens is 248 g/mol. The van der Waals surface area contributed by atoms with Crippen molar-refractivity contribution in [3.63, 3.8) is 0 Å². The Bertz CT molecular complexity index is 509. The lowest BCUT2D eigenvalue weighted by Gasteiger charge is -2.33. The summed E-state index contributed by atoms with van der Waals surface area (Å²) in [6.07, 6.45) is 3.66. The minimum absolute atomic E-state index is 0.267. The highest BCUT2D eigenvalue weighted by atomic mass is 28.2. The molecule has 0 amide bonds. The quantitative estimate of drug-likeness (QED) is 0.578. The van der Waals surface area contributed by atoms with E-state index < -0.39 is 0 Å². The van der Waals surface area contributed by atoms with Crippen LogP contribution in [0.2, 0.25) is 0 Å². The molecule has 19 heavy (non-hydrogen) atoms. The lowest BCUT2D eigenvalue weighted by molar-refractivity contribution is 0.0814. The maximum absolute atomic E-state index is 6.04. The average molecular weight is 268 g/mol. The number of benzene rings is 2. The van der Waals surface area contributed by atoms with Crippen molar-refractivity contribution >= 4 is 10.5 Å². The number of hydrogen-bond acceptors (Lipinski definition) is 1. The van der Waals surface area contributed by atoms with E-state index in [0.717, 1.165) is 12.8 Å². The van der Waals surface area contributed by atoms with E-state index in [0.29, 0.717) is 10.5 Å². The Labute approximate surface area is 118 Å². The Morgan fingerprint density at radius 3 is 2.11 bits per heavy atom. The standard InChI is InChI=1S/C17H20OSi/c1-2-13-17(18-19,16-11-7-4-8-12-16)14-15-9-5-3-6-10-15/h2-12H,1,13-14H2,19H3. The topological polar surface area (TPSA) is 9.23 Å². The Morgan fingerprint density at radius 2 is 1.58 bits per heavy atom. The highest BCUT2D eigenvalue weighted by Gasteiger charge is 2.30. The van der Waals surface area contributed by atoms with Crippen LogP contribution in [0.3, 0.4) is 0 Å². The van der Waals surface area contributed by atoms with Crippen LogP contribution in [0.25, 0.3) is 0 Å². The average Bonchev–Trinajstić information content (AvgIpc) is 2.49. The van der Waals surface area contributed by atoms with Gasteiger partial charge in [0.25, 0.3) is 0 Å². The van der Waals surface area contributed by atoms with Crippen LogP contribution in [0.4, 0.5) is 0 Å². The van der Waals surface area contributed by atoms with Crippen molar-refractivity contribution < 1.29 is 4.43 Å². The lowest BCUT2D eigenvalue weighted by Crippen LogP contribution is -2.31. The van der Waals surface area contributed by atoms with E-state index >= 15 is 0 Å². The van der Waals surface area contributed by atoms with Crippen LogP contribution >= 0.6 is 0 Å². The smallest absolute Gasteiger partial charge is 0.147 e. The molecule has 0 fully saturated rings. The second kappa shape index (κ2) is 6.50. The fourth-order valence-electron chi connectivity index (χ4n) is 2.47. The van der Waals surface area contributed by atoms with Gasteiger partial charge < -0.3 is 4.43 Å². The molecule has 0 spiro atoms. The van der Waals surface area contributed by atoms with E-state index in [1.54, 1.807) is 0 Å². The molecule has 0 N–H and O–H groups in total. The third-order valence-corrected chi connectivity index (χ3v) is 4.28. The zero-order chi connectivity index (χ0) is 13.6. The van der Waals surface area contributed by atoms with Gasteiger partial charge in [-0.15, -0.1) is 6.58 Å². The van der Waals surface area contributed by atoms with Crippen molar-refractivity contribution in [3.8, 4) is 0 Å². The summed E-state index contributed by atoms with van der Waals surface area (Å²) in [7, 11) is 0.708. The van der Waals surface area contributed by atoms with E-state index in [-0.39, 0.29) is 5.60 Å². The van der Waals surface area contributed by atoms with Crippen LogP contribution in [0.15, 0.2) is 73.3 Å². The monoisotopic (exact) mass is 268 g/mol. The molecule has 0 saturated carbocycles. The zero-order valence-electron chi connectivity index (χ0n) is 11.4. The Kier molecular flexibility index (Phi) is 4.72. The van der Waals surface area contributed by atoms with Gasteiger partial charge in [-0.2, -0.15) is 0 Å². The first-order valence-electron chi connectivity index (χ1n) is 6.56. The Hall–Kier alpha value is -1.64. The summed E-state index contributed by atoms with van der Waals surface area (Å²) < 4.78 is 6.04. The summed E-state index contributed by atoms with van der Waals surface area (Å²) in [4.78, 5) is 0. The minimum Gasteiger partial charge on any atom is -0.418 e. The normalized spacial score (nSPS) is 13.9. The predicted octanol–water partition coefficient (Wildman–Crippen LogP) is 3.00. The SMILES string of the molecule is C=CCC(Cc1ccccc1)(O[SiH3])c1ccccc1. The highest BCUT2D eigenvalue weighted by Crippen LogP contribution is 2.33. The minimum atomic E-state index is -0.267. The second-order valence-electron chi connectivity index (χ2n) is 4.72. The summed E-state index contributed by atoms with van der Waals surface area (Å²) >= 11 is 0. The molecule has 2 aromatic carbocycles. The van der Waals surface area contributed by atoms with Gasteiger partial charge in [-0.25, -0.2) is 0 Å². The van der Waals surface area contributed by atoms with Crippen molar-refractivity contribution in [2.24, 2.45) is 0 Å². The van der Waals surface area contributed by atoms with E-state index in [4.69, 9.17) is 4.43 Å². The Morgan fingerprint density at radius 1 is 1.00 bits per heavy atom. The van der Waals surface area contributed by atoms with Crippen molar-refractivity contribution in [2.75, 3.05) is 0 Å². The molecule has 2 heteroatoms. The van der Waals surface area contributed by atoms with Crippen LogP contribution in [0.5, 0.6) is 0 Å². The number of hydrogen-bond donors (Lipinski definition) is 0. The van der Waals surface area contributed by atoms with Gasteiger partial charge in [-0.1, -0.05) is 66.7 Å². The van der Waals surface area contributed by atoms with Gasteiger partial charge in [-0.3, -0.25) is 0 Å². The lowest BCUT2D eigenvalue weighted by atomic mass is 9.84. The van der Waals surface area contributed by atoms with Crippen LogP contribution in [0.1, 0.15) is 17.5 Å². The largest absolute Gasteiger partial charge is 0.418 e. The van der Waals surface area contributed by atoms with Gasteiger partial charge in [0.15, 0.2) is 0 Å². The second-order valence-corrected chi connectivity index (χ2v) is 5.13. The van der Waals surface area contributed by atoms with Crippen molar-refractivity contribution in [1.82, 2.24) is 0 Å². The third kappa shape index (κ3) is 3.22. The maximum Gasteiger partial charge on any atom is 0.147 e. The fourth-order valence-corrected chi connectivity index (χ4v) is 3.01. The molecule has 0 aliphatic rings. The van der Waals surface area contributed by atoms with Crippen molar-refractivity contribution in [2.45, 2.75) is 18.4 Å². The van der Waals surface area contributed by atoms with Crippen LogP contribution < -0.4 is 0 Å². The summed E-state index contributed by atoms with van der Waals surface area (Å²) in [6, 6.07) is 21.0. The molecule has 0 saturated heterocycles. The first-order valence-corrected chi connectivity index (χ1v) is 7.38. The van der Waals surface area contributed by atoms with Crippen LogP contribution in [0, 0.1) is 0 Å². The molecule has 0 bridgehead atoms. The van der Waals surface area contributed by atoms with Crippen molar-refractivity contribution in [1.29, 1.82) is 0 Å². The molecule has 0 aliphatic heterocycles. The first-order chi connectivity index (χ1) is 9.30. The van der Waals surface area contributed by atoms with Crippen LogP contribution in [-0.2, 0) is 16.4 Å². The molecule has 0 aromatic heterocycles. The molecule has 0 heterocycles. The molecule has 1 atom stereocenters. The van der Waals surface area contributed by atoms with Gasteiger partial charge >= 0.3 is 0 Å². The third-order valence-electron chi connectivity index (χ3n) is 3.50. The predicted molar refractivity (Wildman–Crippen MR) is 84.1 cm³/mol. The van der Waals surface area contributed by atoms with E-state index in [1.165, 1.54) is 11.1 Å². The summed E-state index contributed by atoms with van der Waals surface area (Å²) in [5, 5.41) is 0. The highest BCUT2D eigenvalue weighted by molar-refractivity contribution is 5.98. The Balaban J connectivity index is 2.37. The van der Waals surface area contributed by atoms with Gasteiger partial charge in [0.05, 0.1) is 5.60 Å². The maximum atomic E-state index is 6.04. The fraction of sp³-hybridized carbons (Fsp3) is 0.176. The van der Waals surface area contributed by atoms with Gasteiger partial charge in [0, 0.05) is 6.42 Å². The van der Waals surface area contributed by atoms with E-state index in [9.17, 15) is 0 Å². The van der Waals surface area contributed by atoms with Gasteiger partial charge in [0.1, 0.15) is 10.5 Å². The molecule has 1 nitrogen and oxygen atoms in total. The molecule has 0 radical (unpaired) electrons. The first kappa shape index (κ1) is 13.8. The van der Waals surface area contributed by atoms with Gasteiger partial charge in [0.2, 0.25) is 0 Å². The molecule has 2 aromatic rings. The molecule has 1 unspecified atom stereocenters.